The fourth-order valence-electron chi connectivity index (χ4n) is 2.25. The van der Waals surface area contributed by atoms with Crippen molar-refractivity contribution >= 4 is 29.2 Å². The molecule has 1 aliphatic rings. The topological polar surface area (TPSA) is 69.6 Å². The Morgan fingerprint density at radius 3 is 2.67 bits per heavy atom. The predicted molar refractivity (Wildman–Crippen MR) is 81.5 cm³/mol. The van der Waals surface area contributed by atoms with Gasteiger partial charge in [0.2, 0.25) is 5.91 Å². The number of hydrogen-bond acceptors (Lipinski definition) is 3. The lowest BCUT2D eigenvalue weighted by molar-refractivity contribution is -0.143. The summed E-state index contributed by atoms with van der Waals surface area (Å²) in [7, 11) is 0. The number of hydrogen-bond donors (Lipinski definition) is 2. The third kappa shape index (κ3) is 4.44. The molecule has 1 fully saturated rings. The van der Waals surface area contributed by atoms with Gasteiger partial charge in [0.25, 0.3) is 0 Å². The van der Waals surface area contributed by atoms with E-state index in [-0.39, 0.29) is 12.3 Å². The highest BCUT2D eigenvalue weighted by molar-refractivity contribution is 6.33. The summed E-state index contributed by atoms with van der Waals surface area (Å²) < 4.78 is 0. The highest BCUT2D eigenvalue weighted by Crippen LogP contribution is 2.29. The molecule has 1 aromatic carbocycles. The molecule has 1 atom stereocenters. The molecule has 6 heteroatoms. The maximum atomic E-state index is 12.0. The maximum Gasteiger partial charge on any atom is 0.320 e. The van der Waals surface area contributed by atoms with Gasteiger partial charge in [-0.2, -0.15) is 0 Å². The van der Waals surface area contributed by atoms with Crippen molar-refractivity contribution in [1.82, 2.24) is 4.90 Å². The number of carbonyl (C=O) groups excluding carboxylic acids is 1. The summed E-state index contributed by atoms with van der Waals surface area (Å²) in [4.78, 5) is 24.9. The first kappa shape index (κ1) is 15.8. The zero-order chi connectivity index (χ0) is 15.4. The van der Waals surface area contributed by atoms with Crippen LogP contribution in [0.25, 0.3) is 0 Å². The summed E-state index contributed by atoms with van der Waals surface area (Å²) in [6.07, 6.45) is 2.26. The number of para-hydroxylation sites is 1. The van der Waals surface area contributed by atoms with E-state index in [9.17, 15) is 9.59 Å². The Hall–Kier alpha value is -1.59. The van der Waals surface area contributed by atoms with Crippen molar-refractivity contribution in [2.75, 3.05) is 11.9 Å². The fourth-order valence-corrected chi connectivity index (χ4v) is 2.43. The lowest BCUT2D eigenvalue weighted by Gasteiger charge is -2.25. The average molecular weight is 311 g/mol. The second-order valence-corrected chi connectivity index (χ2v) is 5.67. The van der Waals surface area contributed by atoms with Crippen LogP contribution in [-0.4, -0.2) is 40.5 Å². The molecule has 1 saturated carbocycles. The number of carboxylic acid groups (broad SMARTS) is 1. The van der Waals surface area contributed by atoms with Crippen LogP contribution in [0, 0.1) is 0 Å². The first-order chi connectivity index (χ1) is 9.99. The van der Waals surface area contributed by atoms with E-state index in [2.05, 4.69) is 5.32 Å². The molecule has 5 nitrogen and oxygen atoms in total. The van der Waals surface area contributed by atoms with Crippen LogP contribution in [0.4, 0.5) is 5.69 Å². The number of benzene rings is 1. The summed E-state index contributed by atoms with van der Waals surface area (Å²) in [6.45, 7) is 2.10. The molecule has 2 N–H and O–H groups in total. The Balaban J connectivity index is 1.87. The Morgan fingerprint density at radius 1 is 1.43 bits per heavy atom. The zero-order valence-electron chi connectivity index (χ0n) is 11.9. The van der Waals surface area contributed by atoms with E-state index in [1.807, 2.05) is 4.90 Å². The molecule has 2 rings (SSSR count). The predicted octanol–water partition coefficient (Wildman–Crippen LogP) is 2.61. The van der Waals surface area contributed by atoms with E-state index in [0.717, 1.165) is 12.8 Å². The van der Waals surface area contributed by atoms with Crippen LogP contribution in [-0.2, 0) is 9.59 Å². The van der Waals surface area contributed by atoms with Gasteiger partial charge in [-0.3, -0.25) is 14.5 Å². The number of nitrogens with one attached hydrogen (secondary N) is 1. The van der Waals surface area contributed by atoms with Crippen molar-refractivity contribution in [3.05, 3.63) is 29.3 Å². The number of carboxylic acids is 1. The highest BCUT2D eigenvalue weighted by atomic mass is 35.5. The first-order valence-electron chi connectivity index (χ1n) is 7.02. The van der Waals surface area contributed by atoms with E-state index < -0.39 is 12.0 Å². The van der Waals surface area contributed by atoms with Gasteiger partial charge in [-0.1, -0.05) is 23.7 Å². The van der Waals surface area contributed by atoms with Gasteiger partial charge in [-0.15, -0.1) is 0 Å². The van der Waals surface area contributed by atoms with E-state index in [1.165, 1.54) is 0 Å². The summed E-state index contributed by atoms with van der Waals surface area (Å²) in [6, 6.07) is 6.76. The van der Waals surface area contributed by atoms with Crippen LogP contribution < -0.4 is 5.32 Å². The van der Waals surface area contributed by atoms with Gasteiger partial charge in [0.1, 0.15) is 6.04 Å². The Kier molecular flexibility index (Phi) is 5.20. The number of rotatable bonds is 7. The number of halogens is 1. The van der Waals surface area contributed by atoms with Crippen LogP contribution in [0.3, 0.4) is 0 Å². The molecule has 1 aliphatic carbocycles. The molecule has 0 spiro atoms. The summed E-state index contributed by atoms with van der Waals surface area (Å²) in [5.41, 5.74) is 0.577. The number of aliphatic carboxylic acids is 1. The molecular formula is C15H19ClN2O3. The van der Waals surface area contributed by atoms with Crippen molar-refractivity contribution in [2.24, 2.45) is 0 Å². The van der Waals surface area contributed by atoms with Crippen LogP contribution >= 0.6 is 11.6 Å². The second-order valence-electron chi connectivity index (χ2n) is 5.26. The average Bonchev–Trinajstić information content (AvgIpc) is 3.26. The van der Waals surface area contributed by atoms with Gasteiger partial charge in [0.15, 0.2) is 0 Å². The number of carbonyl (C=O) groups is 2. The molecule has 1 amide bonds. The van der Waals surface area contributed by atoms with E-state index in [0.29, 0.717) is 23.3 Å². The summed E-state index contributed by atoms with van der Waals surface area (Å²) in [5, 5.41) is 12.3. The lowest BCUT2D eigenvalue weighted by atomic mass is 10.2. The monoisotopic (exact) mass is 310 g/mol. The van der Waals surface area contributed by atoms with Gasteiger partial charge in [0.05, 0.1) is 10.7 Å². The Bertz CT molecular complexity index is 531. The molecule has 0 saturated heterocycles. The standard InChI is InChI=1S/C15H19ClN2O3/c1-10(15(20)21)18(11-6-7-11)9-8-14(19)17-13-5-3-2-4-12(13)16/h2-5,10-11H,6-9H2,1H3,(H,17,19)(H,20,21). The normalized spacial score (nSPS) is 15.8. The summed E-state index contributed by atoms with van der Waals surface area (Å²) >= 11 is 5.98. The molecule has 1 aromatic rings. The van der Waals surface area contributed by atoms with Crippen molar-refractivity contribution in [3.63, 3.8) is 0 Å². The quantitative estimate of drug-likeness (QED) is 0.812. The maximum absolute atomic E-state index is 12.0. The highest BCUT2D eigenvalue weighted by Gasteiger charge is 2.34. The smallest absolute Gasteiger partial charge is 0.320 e. The van der Waals surface area contributed by atoms with Crippen LogP contribution in [0.1, 0.15) is 26.2 Å². The van der Waals surface area contributed by atoms with E-state index >= 15 is 0 Å². The third-order valence-corrected chi connectivity index (χ3v) is 3.95. The molecule has 0 heterocycles. The zero-order valence-corrected chi connectivity index (χ0v) is 12.6. The van der Waals surface area contributed by atoms with Gasteiger partial charge >= 0.3 is 5.97 Å². The molecule has 21 heavy (non-hydrogen) atoms. The molecule has 1 unspecified atom stereocenters. The fraction of sp³-hybridized carbons (Fsp3) is 0.467. The van der Waals surface area contributed by atoms with Crippen molar-refractivity contribution in [1.29, 1.82) is 0 Å². The largest absolute Gasteiger partial charge is 0.480 e. The van der Waals surface area contributed by atoms with Crippen LogP contribution in [0.2, 0.25) is 5.02 Å². The third-order valence-electron chi connectivity index (χ3n) is 3.62. The molecule has 0 radical (unpaired) electrons. The van der Waals surface area contributed by atoms with Gasteiger partial charge in [-0.25, -0.2) is 0 Å². The number of amides is 1. The van der Waals surface area contributed by atoms with Crippen molar-refractivity contribution in [2.45, 2.75) is 38.3 Å². The number of nitrogens with zero attached hydrogens (tertiary/aromatic N) is 1. The minimum absolute atomic E-state index is 0.161. The molecule has 0 bridgehead atoms. The lowest BCUT2D eigenvalue weighted by Crippen LogP contribution is -2.42. The first-order valence-corrected chi connectivity index (χ1v) is 7.39. The van der Waals surface area contributed by atoms with Gasteiger partial charge in [0, 0.05) is 19.0 Å². The van der Waals surface area contributed by atoms with E-state index in [4.69, 9.17) is 16.7 Å². The minimum Gasteiger partial charge on any atom is -0.480 e. The van der Waals surface area contributed by atoms with Crippen LogP contribution in [0.15, 0.2) is 24.3 Å². The van der Waals surface area contributed by atoms with Crippen molar-refractivity contribution < 1.29 is 14.7 Å². The molecular weight excluding hydrogens is 292 g/mol. The van der Waals surface area contributed by atoms with Gasteiger partial charge < -0.3 is 10.4 Å². The van der Waals surface area contributed by atoms with Gasteiger partial charge in [-0.05, 0) is 31.9 Å². The second kappa shape index (κ2) is 6.91. The van der Waals surface area contributed by atoms with E-state index in [1.54, 1.807) is 31.2 Å². The Morgan fingerprint density at radius 2 is 2.10 bits per heavy atom. The SMILES string of the molecule is CC(C(=O)O)N(CCC(=O)Nc1ccccc1Cl)C1CC1. The summed E-state index contributed by atoms with van der Waals surface area (Å²) in [5.74, 6) is -1.01. The number of anilines is 1. The molecule has 0 aromatic heterocycles. The van der Waals surface area contributed by atoms with Crippen molar-refractivity contribution in [3.8, 4) is 0 Å². The minimum atomic E-state index is -0.853. The van der Waals surface area contributed by atoms with Crippen LogP contribution in [0.5, 0.6) is 0 Å². The molecule has 0 aliphatic heterocycles. The molecule has 114 valence electrons. The Labute approximate surface area is 128 Å².